The number of unbranched alkanes of at least 4 members (excludes halogenated alkanes) is 1. The molecule has 0 aliphatic carbocycles. The summed E-state index contributed by atoms with van der Waals surface area (Å²) in [5.74, 6) is 0. The van der Waals surface area contributed by atoms with Crippen LogP contribution in [0.1, 0.15) is 37.8 Å². The van der Waals surface area contributed by atoms with Gasteiger partial charge in [0.2, 0.25) is 0 Å². The van der Waals surface area contributed by atoms with Crippen LogP contribution in [0.5, 0.6) is 0 Å². The average Bonchev–Trinajstić information content (AvgIpc) is 2.25. The molecule has 0 fully saturated rings. The zero-order valence-corrected chi connectivity index (χ0v) is 9.29. The summed E-state index contributed by atoms with van der Waals surface area (Å²) in [5.41, 5.74) is 2.61. The van der Waals surface area contributed by atoms with Gasteiger partial charge < -0.3 is 0 Å². The third kappa shape index (κ3) is 2.99. The highest BCUT2D eigenvalue weighted by molar-refractivity contribution is 5.44. The molecule has 0 atom stereocenters. The number of pyridine rings is 1. The van der Waals surface area contributed by atoms with Gasteiger partial charge in [0.1, 0.15) is 6.54 Å². The van der Waals surface area contributed by atoms with Gasteiger partial charge in [-0.05, 0) is 12.5 Å². The van der Waals surface area contributed by atoms with Crippen LogP contribution < -0.4 is 4.57 Å². The second-order valence-corrected chi connectivity index (χ2v) is 3.63. The zero-order valence-electron chi connectivity index (χ0n) is 9.29. The molecule has 14 heavy (non-hydrogen) atoms. The second-order valence-electron chi connectivity index (χ2n) is 3.63. The van der Waals surface area contributed by atoms with E-state index in [2.05, 4.69) is 43.5 Å². The highest BCUT2D eigenvalue weighted by Crippen LogP contribution is 2.03. The van der Waals surface area contributed by atoms with E-state index in [-0.39, 0.29) is 0 Å². The van der Waals surface area contributed by atoms with E-state index in [0.717, 1.165) is 13.0 Å². The summed E-state index contributed by atoms with van der Waals surface area (Å²) in [6, 6.07) is 2.20. The SMILES string of the molecule is C=Cc1cc(CC)c[n+](CCCC)c1. The third-order valence-corrected chi connectivity index (χ3v) is 2.41. The number of nitrogens with zero attached hydrogens (tertiary/aromatic N) is 1. The van der Waals surface area contributed by atoms with Gasteiger partial charge in [-0.1, -0.05) is 32.9 Å². The van der Waals surface area contributed by atoms with Crippen LogP contribution in [0.2, 0.25) is 0 Å². The molecule has 0 spiro atoms. The summed E-state index contributed by atoms with van der Waals surface area (Å²) >= 11 is 0. The molecule has 0 saturated heterocycles. The van der Waals surface area contributed by atoms with Crippen molar-refractivity contribution in [3.05, 3.63) is 36.2 Å². The highest BCUT2D eigenvalue weighted by Gasteiger charge is 2.03. The van der Waals surface area contributed by atoms with Gasteiger partial charge in [0.25, 0.3) is 0 Å². The summed E-state index contributed by atoms with van der Waals surface area (Å²) in [7, 11) is 0. The number of aryl methyl sites for hydroxylation is 2. The molecule has 0 saturated carbocycles. The average molecular weight is 190 g/mol. The van der Waals surface area contributed by atoms with Gasteiger partial charge in [-0.2, -0.15) is 0 Å². The first-order valence-corrected chi connectivity index (χ1v) is 5.45. The Morgan fingerprint density at radius 3 is 2.71 bits per heavy atom. The van der Waals surface area contributed by atoms with E-state index in [1.165, 1.54) is 24.0 Å². The first-order valence-electron chi connectivity index (χ1n) is 5.45. The van der Waals surface area contributed by atoms with Crippen LogP contribution in [0.15, 0.2) is 25.0 Å². The molecule has 1 aromatic rings. The van der Waals surface area contributed by atoms with Crippen molar-refractivity contribution in [2.45, 2.75) is 39.7 Å². The normalized spacial score (nSPS) is 10.1. The molecule has 1 aromatic heterocycles. The van der Waals surface area contributed by atoms with Crippen molar-refractivity contribution in [2.24, 2.45) is 0 Å². The standard InChI is InChI=1S/C13H20N/c1-4-7-8-14-10-12(5-2)9-13(6-3)11-14/h5,9-11H,2,4,6-8H2,1,3H3/q+1. The molecule has 0 bridgehead atoms. The van der Waals surface area contributed by atoms with Crippen LogP contribution >= 0.6 is 0 Å². The Morgan fingerprint density at radius 1 is 1.36 bits per heavy atom. The number of rotatable bonds is 5. The minimum atomic E-state index is 1.09. The molecular weight excluding hydrogens is 170 g/mol. The second kappa shape index (κ2) is 5.58. The lowest BCUT2D eigenvalue weighted by molar-refractivity contribution is -0.697. The lowest BCUT2D eigenvalue weighted by Crippen LogP contribution is -2.33. The van der Waals surface area contributed by atoms with Gasteiger partial charge in [-0.3, -0.25) is 0 Å². The summed E-state index contributed by atoms with van der Waals surface area (Å²) < 4.78 is 2.28. The predicted molar refractivity (Wildman–Crippen MR) is 61.0 cm³/mol. The summed E-state index contributed by atoms with van der Waals surface area (Å²) in [5, 5.41) is 0. The highest BCUT2D eigenvalue weighted by atomic mass is 14.9. The van der Waals surface area contributed by atoms with Crippen LogP contribution in [-0.4, -0.2) is 0 Å². The Kier molecular flexibility index (Phi) is 4.37. The summed E-state index contributed by atoms with van der Waals surface area (Å²) in [4.78, 5) is 0. The largest absolute Gasteiger partial charge is 0.204 e. The number of aromatic nitrogens is 1. The van der Waals surface area contributed by atoms with Crippen molar-refractivity contribution in [3.63, 3.8) is 0 Å². The van der Waals surface area contributed by atoms with Crippen molar-refractivity contribution in [3.8, 4) is 0 Å². The van der Waals surface area contributed by atoms with Crippen LogP contribution in [0.3, 0.4) is 0 Å². The third-order valence-electron chi connectivity index (χ3n) is 2.41. The number of hydrogen-bond acceptors (Lipinski definition) is 0. The number of hydrogen-bond donors (Lipinski definition) is 0. The molecule has 0 aliphatic heterocycles. The van der Waals surface area contributed by atoms with E-state index in [1.54, 1.807) is 0 Å². The first-order chi connectivity index (χ1) is 6.80. The van der Waals surface area contributed by atoms with E-state index in [1.807, 2.05) is 6.08 Å². The van der Waals surface area contributed by atoms with Crippen LogP contribution in [0.4, 0.5) is 0 Å². The van der Waals surface area contributed by atoms with E-state index in [4.69, 9.17) is 0 Å². The fourth-order valence-corrected chi connectivity index (χ4v) is 1.51. The maximum atomic E-state index is 3.81. The molecule has 0 unspecified atom stereocenters. The molecular formula is C13H20N+. The van der Waals surface area contributed by atoms with Crippen molar-refractivity contribution in [1.82, 2.24) is 0 Å². The van der Waals surface area contributed by atoms with Gasteiger partial charge in [0, 0.05) is 17.5 Å². The van der Waals surface area contributed by atoms with E-state index >= 15 is 0 Å². The van der Waals surface area contributed by atoms with Crippen LogP contribution in [0.25, 0.3) is 6.08 Å². The monoisotopic (exact) mass is 190 g/mol. The van der Waals surface area contributed by atoms with Crippen molar-refractivity contribution in [1.29, 1.82) is 0 Å². The maximum Gasteiger partial charge on any atom is 0.176 e. The van der Waals surface area contributed by atoms with Gasteiger partial charge in [-0.15, -0.1) is 0 Å². The maximum absolute atomic E-state index is 3.81. The Labute approximate surface area is 87.1 Å². The quantitative estimate of drug-likeness (QED) is 0.628. The Bertz CT molecular complexity index is 302. The fraction of sp³-hybridized carbons (Fsp3) is 0.462. The lowest BCUT2D eigenvalue weighted by atomic mass is 10.1. The van der Waals surface area contributed by atoms with Crippen molar-refractivity contribution < 1.29 is 4.57 Å². The molecule has 76 valence electrons. The minimum absolute atomic E-state index is 1.09. The summed E-state index contributed by atoms with van der Waals surface area (Å²) in [6.45, 7) is 9.34. The van der Waals surface area contributed by atoms with Gasteiger partial charge in [0.05, 0.1) is 0 Å². The smallest absolute Gasteiger partial charge is 0.176 e. The van der Waals surface area contributed by atoms with E-state index < -0.39 is 0 Å². The van der Waals surface area contributed by atoms with Gasteiger partial charge in [-0.25, -0.2) is 4.57 Å². The van der Waals surface area contributed by atoms with Crippen molar-refractivity contribution >= 4 is 6.08 Å². The minimum Gasteiger partial charge on any atom is -0.204 e. The Hall–Kier alpha value is -1.11. The topological polar surface area (TPSA) is 3.88 Å². The van der Waals surface area contributed by atoms with Crippen molar-refractivity contribution in [2.75, 3.05) is 0 Å². The lowest BCUT2D eigenvalue weighted by Gasteiger charge is -2.00. The van der Waals surface area contributed by atoms with Gasteiger partial charge in [0.15, 0.2) is 12.4 Å². The molecule has 0 aromatic carbocycles. The molecule has 1 heteroatoms. The molecule has 0 N–H and O–H groups in total. The Morgan fingerprint density at radius 2 is 2.14 bits per heavy atom. The molecule has 0 amide bonds. The molecule has 1 heterocycles. The van der Waals surface area contributed by atoms with E-state index in [9.17, 15) is 0 Å². The van der Waals surface area contributed by atoms with Crippen LogP contribution in [0, 0.1) is 0 Å². The summed E-state index contributed by atoms with van der Waals surface area (Å²) in [6.07, 6.45) is 9.90. The fourth-order valence-electron chi connectivity index (χ4n) is 1.51. The molecule has 1 rings (SSSR count). The molecule has 1 nitrogen and oxygen atoms in total. The first kappa shape index (κ1) is 11.0. The zero-order chi connectivity index (χ0) is 10.4. The van der Waals surface area contributed by atoms with Gasteiger partial charge >= 0.3 is 0 Å². The van der Waals surface area contributed by atoms with Crippen LogP contribution in [-0.2, 0) is 13.0 Å². The predicted octanol–water partition coefficient (Wildman–Crippen LogP) is 2.98. The molecule has 0 aliphatic rings. The Balaban J connectivity index is 2.86. The molecule has 0 radical (unpaired) electrons. The van der Waals surface area contributed by atoms with E-state index in [0.29, 0.717) is 0 Å².